The number of halogens is 2. The van der Waals surface area contributed by atoms with Gasteiger partial charge in [-0.2, -0.15) is 8.78 Å². The third kappa shape index (κ3) is 3.72. The second kappa shape index (κ2) is 6.95. The number of hydrogen-bond acceptors (Lipinski definition) is 4. The highest BCUT2D eigenvalue weighted by Gasteiger charge is 2.14. The number of nitrogens with one attached hydrogen (secondary N) is 1. The van der Waals surface area contributed by atoms with Crippen LogP contribution in [0.1, 0.15) is 21.7 Å². The number of carbonyl (C=O) groups is 1. The zero-order chi connectivity index (χ0) is 18.8. The van der Waals surface area contributed by atoms with Crippen molar-refractivity contribution >= 4 is 22.6 Å². The molecule has 1 N–H and O–H groups in total. The minimum absolute atomic E-state index is 0.0267. The summed E-state index contributed by atoms with van der Waals surface area (Å²) < 4.78 is 34.1. The lowest BCUT2D eigenvalue weighted by Gasteiger charge is -2.08. The van der Waals surface area contributed by atoms with Gasteiger partial charge in [0.2, 0.25) is 0 Å². The zero-order valence-electron chi connectivity index (χ0n) is 14.0. The van der Waals surface area contributed by atoms with Crippen LogP contribution in [0.2, 0.25) is 0 Å². The second-order valence-electron chi connectivity index (χ2n) is 5.79. The van der Waals surface area contributed by atoms with Gasteiger partial charge in [0.15, 0.2) is 11.2 Å². The van der Waals surface area contributed by atoms with E-state index < -0.39 is 12.5 Å². The molecule has 26 heavy (non-hydrogen) atoms. The predicted octanol–water partition coefficient (Wildman–Crippen LogP) is 4.26. The van der Waals surface area contributed by atoms with Crippen LogP contribution in [0.4, 0.5) is 14.5 Å². The van der Waals surface area contributed by atoms with Crippen molar-refractivity contribution in [2.24, 2.45) is 0 Å². The molecule has 0 spiro atoms. The van der Waals surface area contributed by atoms with Crippen LogP contribution in [0.15, 0.2) is 51.7 Å². The summed E-state index contributed by atoms with van der Waals surface area (Å²) in [7, 11) is 0. The Balaban J connectivity index is 1.87. The lowest BCUT2D eigenvalue weighted by Crippen LogP contribution is -2.15. The summed E-state index contributed by atoms with van der Waals surface area (Å²) in [5.74, 6) is -0.785. The van der Waals surface area contributed by atoms with Gasteiger partial charge in [0.1, 0.15) is 11.3 Å². The maximum atomic E-state index is 12.3. The average molecular weight is 359 g/mol. The highest BCUT2D eigenvalue weighted by atomic mass is 19.3. The quantitative estimate of drug-likeness (QED) is 0.756. The van der Waals surface area contributed by atoms with E-state index in [0.717, 1.165) is 17.2 Å². The first-order valence-corrected chi connectivity index (χ1v) is 7.75. The first-order chi connectivity index (χ1) is 12.3. The molecular formula is C19H15F2NO4. The number of amides is 1. The molecule has 0 atom stereocenters. The lowest BCUT2D eigenvalue weighted by molar-refractivity contribution is -0.0498. The summed E-state index contributed by atoms with van der Waals surface area (Å²) in [4.78, 5) is 24.7. The highest BCUT2D eigenvalue weighted by molar-refractivity contribution is 6.03. The molecule has 0 aliphatic carbocycles. The van der Waals surface area contributed by atoms with Crippen LogP contribution in [-0.4, -0.2) is 12.5 Å². The number of fused-ring (bicyclic) bond motifs is 1. The fourth-order valence-electron chi connectivity index (χ4n) is 2.69. The molecule has 1 heterocycles. The number of benzene rings is 2. The molecule has 0 radical (unpaired) electrons. The Morgan fingerprint density at radius 1 is 1.12 bits per heavy atom. The van der Waals surface area contributed by atoms with E-state index in [1.165, 1.54) is 24.3 Å². The number of alkyl halides is 2. The van der Waals surface area contributed by atoms with E-state index in [4.69, 9.17) is 4.42 Å². The maximum absolute atomic E-state index is 12.3. The van der Waals surface area contributed by atoms with Crippen LogP contribution in [0.5, 0.6) is 5.75 Å². The molecule has 3 rings (SSSR count). The summed E-state index contributed by atoms with van der Waals surface area (Å²) in [5.41, 5.74) is 2.05. The fraction of sp³-hybridized carbons (Fsp3) is 0.158. The van der Waals surface area contributed by atoms with Gasteiger partial charge in [-0.3, -0.25) is 9.59 Å². The largest absolute Gasteiger partial charge is 0.451 e. The highest BCUT2D eigenvalue weighted by Crippen LogP contribution is 2.21. The summed E-state index contributed by atoms with van der Waals surface area (Å²) in [6, 6.07) is 10.1. The molecule has 3 aromatic rings. The van der Waals surface area contributed by atoms with Gasteiger partial charge < -0.3 is 14.5 Å². The molecule has 0 saturated carbocycles. The van der Waals surface area contributed by atoms with E-state index in [1.807, 2.05) is 13.0 Å². The standard InChI is InChI=1S/C19H15F2NO4/c1-10-7-11(2)17-14(23)9-16(26-15(17)8-10)18(24)22-12-3-5-13(6-4-12)25-19(20)21/h3-9,19H,1-2H3,(H,22,24). The molecule has 1 aromatic heterocycles. The van der Waals surface area contributed by atoms with E-state index in [9.17, 15) is 18.4 Å². The molecule has 134 valence electrons. The third-order valence-corrected chi connectivity index (χ3v) is 3.73. The van der Waals surface area contributed by atoms with Crippen molar-refractivity contribution in [2.45, 2.75) is 20.5 Å². The normalized spacial score (nSPS) is 11.0. The van der Waals surface area contributed by atoms with E-state index in [-0.39, 0.29) is 16.9 Å². The van der Waals surface area contributed by atoms with Crippen LogP contribution in [0.3, 0.4) is 0 Å². The first kappa shape index (κ1) is 17.6. The maximum Gasteiger partial charge on any atom is 0.387 e. The molecule has 0 saturated heterocycles. The van der Waals surface area contributed by atoms with Crippen LogP contribution in [0.25, 0.3) is 11.0 Å². The Labute approximate surface area is 147 Å². The van der Waals surface area contributed by atoms with Crippen molar-refractivity contribution in [1.29, 1.82) is 0 Å². The Morgan fingerprint density at radius 2 is 1.81 bits per heavy atom. The van der Waals surface area contributed by atoms with Crippen molar-refractivity contribution in [3.63, 3.8) is 0 Å². The third-order valence-electron chi connectivity index (χ3n) is 3.73. The number of carbonyl (C=O) groups excluding carboxylic acids is 1. The van der Waals surface area contributed by atoms with Gasteiger partial charge in [0.25, 0.3) is 5.91 Å². The molecule has 5 nitrogen and oxygen atoms in total. The van der Waals surface area contributed by atoms with Crippen LogP contribution in [0, 0.1) is 13.8 Å². The Hall–Kier alpha value is -3.22. The minimum atomic E-state index is -2.92. The van der Waals surface area contributed by atoms with E-state index in [1.54, 1.807) is 13.0 Å². The first-order valence-electron chi connectivity index (χ1n) is 7.75. The topological polar surface area (TPSA) is 68.5 Å². The van der Waals surface area contributed by atoms with E-state index in [2.05, 4.69) is 10.1 Å². The van der Waals surface area contributed by atoms with Crippen LogP contribution in [-0.2, 0) is 0 Å². The summed E-state index contributed by atoms with van der Waals surface area (Å²) in [6.07, 6.45) is 0. The molecule has 0 fully saturated rings. The smallest absolute Gasteiger partial charge is 0.387 e. The predicted molar refractivity (Wildman–Crippen MR) is 93.0 cm³/mol. The number of anilines is 1. The second-order valence-corrected chi connectivity index (χ2v) is 5.79. The molecule has 0 aliphatic rings. The lowest BCUT2D eigenvalue weighted by atomic mass is 10.1. The number of aryl methyl sites for hydroxylation is 2. The Kier molecular flexibility index (Phi) is 4.71. The van der Waals surface area contributed by atoms with Crippen molar-refractivity contribution < 1.29 is 22.7 Å². The molecule has 1 amide bonds. The Bertz CT molecular complexity index is 1030. The van der Waals surface area contributed by atoms with Crippen LogP contribution >= 0.6 is 0 Å². The van der Waals surface area contributed by atoms with Crippen molar-refractivity contribution in [2.75, 3.05) is 5.32 Å². The Morgan fingerprint density at radius 3 is 2.46 bits per heavy atom. The molecule has 0 bridgehead atoms. The van der Waals surface area contributed by atoms with Gasteiger partial charge in [0.05, 0.1) is 5.39 Å². The van der Waals surface area contributed by atoms with Crippen molar-refractivity contribution in [1.82, 2.24) is 0 Å². The molecule has 2 aromatic carbocycles. The van der Waals surface area contributed by atoms with Gasteiger partial charge in [-0.15, -0.1) is 0 Å². The van der Waals surface area contributed by atoms with Crippen molar-refractivity contribution in [3.05, 3.63) is 69.6 Å². The van der Waals surface area contributed by atoms with E-state index in [0.29, 0.717) is 16.7 Å². The van der Waals surface area contributed by atoms with Crippen LogP contribution < -0.4 is 15.5 Å². The van der Waals surface area contributed by atoms with E-state index >= 15 is 0 Å². The van der Waals surface area contributed by atoms with Gasteiger partial charge in [0, 0.05) is 11.8 Å². The number of hydrogen-bond donors (Lipinski definition) is 1. The summed E-state index contributed by atoms with van der Waals surface area (Å²) >= 11 is 0. The molecule has 0 unspecified atom stereocenters. The molecular weight excluding hydrogens is 344 g/mol. The van der Waals surface area contributed by atoms with Gasteiger partial charge in [-0.05, 0) is 55.3 Å². The molecule has 0 aliphatic heterocycles. The zero-order valence-corrected chi connectivity index (χ0v) is 14.0. The fourth-order valence-corrected chi connectivity index (χ4v) is 2.69. The van der Waals surface area contributed by atoms with Gasteiger partial charge in [-0.25, -0.2) is 0 Å². The minimum Gasteiger partial charge on any atom is -0.451 e. The summed E-state index contributed by atoms with van der Waals surface area (Å²) in [6.45, 7) is 0.742. The van der Waals surface area contributed by atoms with Gasteiger partial charge in [-0.1, -0.05) is 6.07 Å². The molecule has 7 heteroatoms. The van der Waals surface area contributed by atoms with Crippen molar-refractivity contribution in [3.8, 4) is 5.75 Å². The number of rotatable bonds is 4. The van der Waals surface area contributed by atoms with Gasteiger partial charge >= 0.3 is 6.61 Å². The monoisotopic (exact) mass is 359 g/mol. The SMILES string of the molecule is Cc1cc(C)c2c(=O)cc(C(=O)Nc3ccc(OC(F)F)cc3)oc2c1. The number of ether oxygens (including phenoxy) is 1. The summed E-state index contributed by atoms with van der Waals surface area (Å²) in [5, 5.41) is 2.98. The average Bonchev–Trinajstić information content (AvgIpc) is 2.55.